The highest BCUT2D eigenvalue weighted by atomic mass is 31.2. The van der Waals surface area contributed by atoms with Crippen LogP contribution in [0.5, 0.6) is 0 Å². The van der Waals surface area contributed by atoms with Crippen molar-refractivity contribution in [3.63, 3.8) is 0 Å². The number of esters is 1. The van der Waals surface area contributed by atoms with Crippen molar-refractivity contribution in [3.8, 4) is 0 Å². The van der Waals surface area contributed by atoms with Crippen LogP contribution in [0.2, 0.25) is 0 Å². The second kappa shape index (κ2) is 36.0. The largest absolute Gasteiger partial charge is 0.472 e. The average Bonchev–Trinajstić information content (AvgIpc) is 3.09. The predicted octanol–water partition coefficient (Wildman–Crippen LogP) is 9.63. The Bertz CT molecular complexity index is 945. The number of aliphatic hydroxyl groups excluding tert-OH is 2. The van der Waals surface area contributed by atoms with E-state index < -0.39 is 45.8 Å². The van der Waals surface area contributed by atoms with E-state index in [-0.39, 0.29) is 13.0 Å². The van der Waals surface area contributed by atoms with E-state index in [0.29, 0.717) is 13.0 Å². The van der Waals surface area contributed by atoms with Gasteiger partial charge in [0.2, 0.25) is 0 Å². The standard InChI is InChI=1S/C39H69O9P/c1-3-5-7-9-11-13-15-17-19-21-23-25-27-29-31-39(42)48-38(36-47-49(43,44)46-34-37(41)33-40)35-45-32-30-28-26-24-22-20-18-16-14-12-10-8-6-4-2/h6,8,12,14-15,17-18,20,24,26,37-38,40-41H,3-5,7,9-11,13,16,19,21-23,25,27-36H2,1-2H3,(H,43,44)/b8-6-,14-12-,17-15-,20-18-,26-24-. The van der Waals surface area contributed by atoms with Crippen LogP contribution in [0, 0.1) is 0 Å². The molecule has 0 rings (SSSR count). The van der Waals surface area contributed by atoms with E-state index in [2.05, 4.69) is 74.6 Å². The molecule has 0 aromatic carbocycles. The van der Waals surface area contributed by atoms with Gasteiger partial charge in [-0.2, -0.15) is 0 Å². The molecule has 0 aliphatic carbocycles. The Kier molecular flexibility index (Phi) is 34.6. The summed E-state index contributed by atoms with van der Waals surface area (Å²) in [4.78, 5) is 22.4. The van der Waals surface area contributed by atoms with Gasteiger partial charge in [0.1, 0.15) is 12.2 Å². The number of ether oxygens (including phenoxy) is 2. The maximum Gasteiger partial charge on any atom is 0.472 e. The summed E-state index contributed by atoms with van der Waals surface area (Å²) in [5.41, 5.74) is 0. The van der Waals surface area contributed by atoms with E-state index in [0.717, 1.165) is 70.6 Å². The fraction of sp³-hybridized carbons (Fsp3) is 0.718. The summed E-state index contributed by atoms with van der Waals surface area (Å²) in [5, 5.41) is 18.3. The fourth-order valence-electron chi connectivity index (χ4n) is 4.59. The maximum absolute atomic E-state index is 12.5. The minimum atomic E-state index is -4.53. The van der Waals surface area contributed by atoms with Crippen molar-refractivity contribution in [1.29, 1.82) is 0 Å². The van der Waals surface area contributed by atoms with E-state index in [4.69, 9.17) is 23.6 Å². The van der Waals surface area contributed by atoms with Crippen LogP contribution in [0.15, 0.2) is 60.8 Å². The Labute approximate surface area is 298 Å². The molecular weight excluding hydrogens is 643 g/mol. The molecule has 0 heterocycles. The number of hydrogen-bond donors (Lipinski definition) is 3. The van der Waals surface area contributed by atoms with Crippen LogP contribution in [0.25, 0.3) is 0 Å². The summed E-state index contributed by atoms with van der Waals surface area (Å²) >= 11 is 0. The summed E-state index contributed by atoms with van der Waals surface area (Å²) in [5.74, 6) is -0.414. The van der Waals surface area contributed by atoms with Crippen molar-refractivity contribution >= 4 is 13.8 Å². The van der Waals surface area contributed by atoms with Crippen molar-refractivity contribution in [2.45, 2.75) is 148 Å². The third-order valence-electron chi connectivity index (χ3n) is 7.44. The van der Waals surface area contributed by atoms with Crippen molar-refractivity contribution in [2.75, 3.05) is 33.0 Å². The van der Waals surface area contributed by atoms with Crippen LogP contribution < -0.4 is 0 Å². The van der Waals surface area contributed by atoms with Gasteiger partial charge in [0, 0.05) is 13.0 Å². The van der Waals surface area contributed by atoms with Gasteiger partial charge in [0.05, 0.1) is 26.4 Å². The molecule has 0 bridgehead atoms. The smallest absolute Gasteiger partial charge is 0.457 e. The zero-order valence-electron chi connectivity index (χ0n) is 30.6. The lowest BCUT2D eigenvalue weighted by Crippen LogP contribution is -2.29. The first-order valence-electron chi connectivity index (χ1n) is 18.8. The first-order chi connectivity index (χ1) is 23.8. The highest BCUT2D eigenvalue weighted by Gasteiger charge is 2.26. The van der Waals surface area contributed by atoms with Crippen LogP contribution in [0.4, 0.5) is 0 Å². The Morgan fingerprint density at radius 3 is 1.78 bits per heavy atom. The molecule has 0 aromatic rings. The van der Waals surface area contributed by atoms with Gasteiger partial charge < -0.3 is 24.6 Å². The molecule has 3 unspecified atom stereocenters. The zero-order valence-corrected chi connectivity index (χ0v) is 31.5. The molecule has 0 spiro atoms. The summed E-state index contributed by atoms with van der Waals surface area (Å²) in [7, 11) is -4.53. The zero-order chi connectivity index (χ0) is 36.1. The van der Waals surface area contributed by atoms with Crippen molar-refractivity contribution < 1.29 is 43.0 Å². The topological polar surface area (TPSA) is 132 Å². The predicted molar refractivity (Wildman–Crippen MR) is 200 cm³/mol. The van der Waals surface area contributed by atoms with Gasteiger partial charge in [-0.3, -0.25) is 13.8 Å². The number of carbonyl (C=O) groups excluding carboxylic acids is 1. The molecule has 3 atom stereocenters. The summed E-state index contributed by atoms with van der Waals surface area (Å²) < 4.78 is 33.1. The third-order valence-corrected chi connectivity index (χ3v) is 8.39. The molecule has 0 amide bonds. The van der Waals surface area contributed by atoms with E-state index >= 15 is 0 Å². The molecule has 10 heteroatoms. The number of hydrogen-bond acceptors (Lipinski definition) is 8. The molecule has 284 valence electrons. The number of phosphoric acid groups is 1. The van der Waals surface area contributed by atoms with Crippen LogP contribution in [0.1, 0.15) is 136 Å². The van der Waals surface area contributed by atoms with Gasteiger partial charge in [-0.15, -0.1) is 0 Å². The second-order valence-electron chi connectivity index (χ2n) is 12.2. The fourth-order valence-corrected chi connectivity index (χ4v) is 5.38. The number of rotatable bonds is 35. The van der Waals surface area contributed by atoms with Crippen LogP contribution in [-0.2, 0) is 27.9 Å². The highest BCUT2D eigenvalue weighted by molar-refractivity contribution is 7.47. The average molecular weight is 713 g/mol. The Hall–Kier alpha value is -1.84. The number of unbranched alkanes of at least 4 members (excludes halogenated alkanes) is 11. The monoisotopic (exact) mass is 712 g/mol. The van der Waals surface area contributed by atoms with Crippen LogP contribution in [0.3, 0.4) is 0 Å². The number of carbonyl (C=O) groups is 1. The van der Waals surface area contributed by atoms with Gasteiger partial charge >= 0.3 is 13.8 Å². The summed E-state index contributed by atoms with van der Waals surface area (Å²) in [6.45, 7) is 3.20. The summed E-state index contributed by atoms with van der Waals surface area (Å²) in [6.07, 6.45) is 39.0. The number of aliphatic hydroxyl groups is 2. The molecular formula is C39H69O9P. The lowest BCUT2D eigenvalue weighted by Gasteiger charge is -2.20. The van der Waals surface area contributed by atoms with Crippen molar-refractivity contribution in [3.05, 3.63) is 60.8 Å². The minimum absolute atomic E-state index is 0.00542. The van der Waals surface area contributed by atoms with Crippen LogP contribution in [-0.4, -0.2) is 66.3 Å². The third kappa shape index (κ3) is 35.8. The van der Waals surface area contributed by atoms with E-state index in [1.54, 1.807) is 0 Å². The van der Waals surface area contributed by atoms with Gasteiger partial charge in [-0.05, 0) is 70.6 Å². The lowest BCUT2D eigenvalue weighted by molar-refractivity contribution is -0.154. The molecule has 0 fully saturated rings. The van der Waals surface area contributed by atoms with Crippen molar-refractivity contribution in [1.82, 2.24) is 0 Å². The van der Waals surface area contributed by atoms with Gasteiger partial charge in [-0.1, -0.05) is 120 Å². The minimum Gasteiger partial charge on any atom is -0.457 e. The van der Waals surface area contributed by atoms with Crippen LogP contribution >= 0.6 is 7.82 Å². The molecule has 0 aromatic heterocycles. The van der Waals surface area contributed by atoms with E-state index in [1.807, 2.05) is 0 Å². The number of phosphoric ester groups is 1. The van der Waals surface area contributed by atoms with E-state index in [9.17, 15) is 19.4 Å². The van der Waals surface area contributed by atoms with E-state index in [1.165, 1.54) is 38.5 Å². The van der Waals surface area contributed by atoms with Gasteiger partial charge in [0.15, 0.2) is 0 Å². The Balaban J connectivity index is 4.37. The molecule has 0 aliphatic heterocycles. The number of allylic oxidation sites excluding steroid dienone is 10. The van der Waals surface area contributed by atoms with Crippen molar-refractivity contribution in [2.24, 2.45) is 0 Å². The highest BCUT2D eigenvalue weighted by Crippen LogP contribution is 2.43. The quantitative estimate of drug-likeness (QED) is 0.0254. The maximum atomic E-state index is 12.5. The Morgan fingerprint density at radius 1 is 0.653 bits per heavy atom. The molecule has 0 radical (unpaired) electrons. The molecule has 3 N–H and O–H groups in total. The molecule has 0 saturated heterocycles. The second-order valence-corrected chi connectivity index (χ2v) is 13.7. The molecule has 49 heavy (non-hydrogen) atoms. The van der Waals surface area contributed by atoms with Gasteiger partial charge in [-0.25, -0.2) is 4.57 Å². The molecule has 0 aliphatic rings. The van der Waals surface area contributed by atoms with Gasteiger partial charge in [0.25, 0.3) is 0 Å². The first kappa shape index (κ1) is 47.2. The molecule has 0 saturated carbocycles. The normalized spacial score (nSPS) is 15.0. The first-order valence-corrected chi connectivity index (χ1v) is 20.3. The lowest BCUT2D eigenvalue weighted by atomic mass is 10.1. The Morgan fingerprint density at radius 2 is 1.16 bits per heavy atom. The summed E-state index contributed by atoms with van der Waals surface area (Å²) in [6, 6.07) is 0. The SMILES string of the molecule is CC/C=C\C/C=C\C/C=C\C/C=C\CCCOCC(COP(=O)(O)OCC(O)CO)OC(=O)CCCCCCC/C=C\CCCCCCC. The molecule has 9 nitrogen and oxygen atoms in total.